The molecule has 1 amide bonds. The number of non-ortho nitro benzene ring substituents is 1. The average molecular weight is 477 g/mol. The smallest absolute Gasteiger partial charge is 0.273 e. The fourth-order valence-corrected chi connectivity index (χ4v) is 5.50. The second-order valence-electron chi connectivity index (χ2n) is 6.99. The molecule has 166 valence electrons. The van der Waals surface area contributed by atoms with Crippen molar-refractivity contribution in [3.8, 4) is 10.6 Å². The number of piperazine rings is 1. The van der Waals surface area contributed by atoms with Gasteiger partial charge in [-0.25, -0.2) is 17.8 Å². The van der Waals surface area contributed by atoms with Crippen LogP contribution >= 0.6 is 11.3 Å². The number of carbonyl (C=O) groups excluding carboxylic acids is 1. The Balaban J connectivity index is 1.41. The standard InChI is InChI=1S/C20H17FN4O5S2/c21-15-3-1-14(2-4-15)19-22-18(13-31-19)20(26)23-9-11-24(12-10-23)32(29,30)17-7-5-16(6-8-17)25(27)28/h1-8,13H,9-12H2. The Bertz CT molecular complexity index is 1250. The highest BCUT2D eigenvalue weighted by molar-refractivity contribution is 7.89. The van der Waals surface area contributed by atoms with Gasteiger partial charge in [-0.05, 0) is 36.4 Å². The third-order valence-electron chi connectivity index (χ3n) is 5.03. The molecule has 1 aromatic heterocycles. The van der Waals surface area contributed by atoms with E-state index in [1.165, 1.54) is 44.8 Å². The van der Waals surface area contributed by atoms with Crippen molar-refractivity contribution >= 4 is 33.0 Å². The molecule has 0 spiro atoms. The van der Waals surface area contributed by atoms with Gasteiger partial charge in [0.1, 0.15) is 16.5 Å². The van der Waals surface area contributed by atoms with Gasteiger partial charge in [0.15, 0.2) is 0 Å². The minimum Gasteiger partial charge on any atom is -0.335 e. The first-order chi connectivity index (χ1) is 15.3. The maximum Gasteiger partial charge on any atom is 0.273 e. The lowest BCUT2D eigenvalue weighted by Crippen LogP contribution is -2.50. The zero-order valence-corrected chi connectivity index (χ0v) is 18.2. The number of rotatable bonds is 5. The lowest BCUT2D eigenvalue weighted by molar-refractivity contribution is -0.384. The van der Waals surface area contributed by atoms with Crippen molar-refractivity contribution in [2.75, 3.05) is 26.2 Å². The Morgan fingerprint density at radius 3 is 2.25 bits per heavy atom. The van der Waals surface area contributed by atoms with Crippen LogP contribution in [0.15, 0.2) is 58.8 Å². The second kappa shape index (κ2) is 8.73. The molecule has 0 aliphatic carbocycles. The van der Waals surface area contributed by atoms with E-state index in [-0.39, 0.29) is 54.2 Å². The van der Waals surface area contributed by atoms with Gasteiger partial charge in [-0.3, -0.25) is 14.9 Å². The van der Waals surface area contributed by atoms with Crippen molar-refractivity contribution in [1.29, 1.82) is 0 Å². The monoisotopic (exact) mass is 476 g/mol. The van der Waals surface area contributed by atoms with Crippen LogP contribution < -0.4 is 0 Å². The molecule has 0 atom stereocenters. The molecule has 1 fully saturated rings. The molecule has 1 saturated heterocycles. The normalized spacial score (nSPS) is 15.0. The van der Waals surface area contributed by atoms with E-state index in [1.807, 2.05) is 0 Å². The number of amides is 1. The molecule has 0 unspecified atom stereocenters. The first-order valence-corrected chi connectivity index (χ1v) is 11.8. The van der Waals surface area contributed by atoms with Crippen molar-refractivity contribution in [1.82, 2.24) is 14.2 Å². The summed E-state index contributed by atoms with van der Waals surface area (Å²) < 4.78 is 40.0. The molecule has 1 aliphatic rings. The molecule has 0 bridgehead atoms. The number of aromatic nitrogens is 1. The van der Waals surface area contributed by atoms with Crippen LogP contribution in [0.3, 0.4) is 0 Å². The summed E-state index contributed by atoms with van der Waals surface area (Å²) in [5, 5.41) is 13.0. The lowest BCUT2D eigenvalue weighted by atomic mass is 10.2. The van der Waals surface area contributed by atoms with E-state index in [4.69, 9.17) is 0 Å². The molecule has 4 rings (SSSR count). The first-order valence-electron chi connectivity index (χ1n) is 9.51. The zero-order chi connectivity index (χ0) is 22.9. The summed E-state index contributed by atoms with van der Waals surface area (Å²) in [4.78, 5) is 28.8. The highest BCUT2D eigenvalue weighted by Crippen LogP contribution is 2.25. The number of hydrogen-bond donors (Lipinski definition) is 0. The Morgan fingerprint density at radius 1 is 1.03 bits per heavy atom. The minimum atomic E-state index is -3.83. The van der Waals surface area contributed by atoms with E-state index >= 15 is 0 Å². The van der Waals surface area contributed by atoms with Crippen LogP contribution in [0.2, 0.25) is 0 Å². The molecule has 3 aromatic rings. The maximum absolute atomic E-state index is 13.1. The third-order valence-corrected chi connectivity index (χ3v) is 7.83. The highest BCUT2D eigenvalue weighted by Gasteiger charge is 2.31. The molecular weight excluding hydrogens is 459 g/mol. The number of sulfonamides is 1. The topological polar surface area (TPSA) is 114 Å². The summed E-state index contributed by atoms with van der Waals surface area (Å²) in [5.74, 6) is -0.662. The van der Waals surface area contributed by atoms with Crippen LogP contribution in [-0.4, -0.2) is 59.6 Å². The SMILES string of the molecule is O=C(c1csc(-c2ccc(F)cc2)n1)N1CCN(S(=O)(=O)c2ccc([N+](=O)[O-])cc2)CC1. The third kappa shape index (κ3) is 4.38. The van der Waals surface area contributed by atoms with Crippen molar-refractivity contribution < 1.29 is 22.5 Å². The summed E-state index contributed by atoms with van der Waals surface area (Å²) in [6, 6.07) is 10.5. The second-order valence-corrected chi connectivity index (χ2v) is 9.79. The van der Waals surface area contributed by atoms with Crippen LogP contribution in [0, 0.1) is 15.9 Å². The number of nitro benzene ring substituents is 1. The van der Waals surface area contributed by atoms with Crippen molar-refractivity contribution in [2.24, 2.45) is 0 Å². The van der Waals surface area contributed by atoms with E-state index in [9.17, 15) is 27.7 Å². The van der Waals surface area contributed by atoms with Gasteiger partial charge in [0.2, 0.25) is 10.0 Å². The summed E-state index contributed by atoms with van der Waals surface area (Å²) in [6.45, 7) is 0.572. The average Bonchev–Trinajstić information content (AvgIpc) is 3.29. The number of thiazole rings is 1. The molecule has 0 radical (unpaired) electrons. The molecule has 0 N–H and O–H groups in total. The van der Waals surface area contributed by atoms with Crippen LogP contribution in [0.4, 0.5) is 10.1 Å². The van der Waals surface area contributed by atoms with Crippen molar-refractivity contribution in [3.63, 3.8) is 0 Å². The number of hydrogen-bond acceptors (Lipinski definition) is 7. The fraction of sp³-hybridized carbons (Fsp3) is 0.200. The molecular formula is C20H17FN4O5S2. The van der Waals surface area contributed by atoms with Gasteiger partial charge >= 0.3 is 0 Å². The van der Waals surface area contributed by atoms with Gasteiger partial charge in [-0.15, -0.1) is 11.3 Å². The molecule has 32 heavy (non-hydrogen) atoms. The van der Waals surface area contributed by atoms with E-state index in [2.05, 4.69) is 4.98 Å². The zero-order valence-electron chi connectivity index (χ0n) is 16.5. The molecule has 0 saturated carbocycles. The lowest BCUT2D eigenvalue weighted by Gasteiger charge is -2.33. The van der Waals surface area contributed by atoms with Gasteiger partial charge in [0, 0.05) is 49.3 Å². The van der Waals surface area contributed by atoms with Crippen molar-refractivity contribution in [2.45, 2.75) is 4.90 Å². The maximum atomic E-state index is 13.1. The number of nitrogens with zero attached hydrogens (tertiary/aromatic N) is 4. The van der Waals surface area contributed by atoms with E-state index in [0.29, 0.717) is 10.6 Å². The van der Waals surface area contributed by atoms with E-state index < -0.39 is 14.9 Å². The van der Waals surface area contributed by atoms with Crippen molar-refractivity contribution in [3.05, 3.63) is 75.5 Å². The van der Waals surface area contributed by atoms with E-state index in [0.717, 1.165) is 12.1 Å². The molecule has 2 aromatic carbocycles. The van der Waals surface area contributed by atoms with E-state index in [1.54, 1.807) is 17.5 Å². The summed E-state index contributed by atoms with van der Waals surface area (Å²) in [6.07, 6.45) is 0. The number of nitro groups is 1. The number of benzene rings is 2. The van der Waals surface area contributed by atoms with Gasteiger partial charge < -0.3 is 4.90 Å². The number of halogens is 1. The van der Waals surface area contributed by atoms with Crippen LogP contribution in [0.25, 0.3) is 10.6 Å². The Kier molecular flexibility index (Phi) is 6.00. The Morgan fingerprint density at radius 2 is 1.66 bits per heavy atom. The largest absolute Gasteiger partial charge is 0.335 e. The summed E-state index contributed by atoms with van der Waals surface area (Å²) in [5.41, 5.74) is 0.762. The fourth-order valence-electron chi connectivity index (χ4n) is 3.28. The summed E-state index contributed by atoms with van der Waals surface area (Å²) >= 11 is 1.27. The van der Waals surface area contributed by atoms with Gasteiger partial charge in [0.05, 0.1) is 9.82 Å². The van der Waals surface area contributed by atoms with Crippen LogP contribution in [-0.2, 0) is 10.0 Å². The first kappa shape index (κ1) is 22.0. The summed E-state index contributed by atoms with van der Waals surface area (Å²) in [7, 11) is -3.83. The molecule has 2 heterocycles. The predicted molar refractivity (Wildman–Crippen MR) is 115 cm³/mol. The molecule has 12 heteroatoms. The molecule has 9 nitrogen and oxygen atoms in total. The van der Waals surface area contributed by atoms with Crippen LogP contribution in [0.1, 0.15) is 10.5 Å². The molecule has 1 aliphatic heterocycles. The minimum absolute atomic E-state index is 0.0358. The predicted octanol–water partition coefficient (Wildman–Crippen LogP) is 3.00. The Labute approximate surface area is 186 Å². The number of carbonyl (C=O) groups is 1. The van der Waals surface area contributed by atoms with Gasteiger partial charge in [-0.2, -0.15) is 4.31 Å². The highest BCUT2D eigenvalue weighted by atomic mass is 32.2. The van der Waals surface area contributed by atoms with Gasteiger partial charge in [-0.1, -0.05) is 0 Å². The quantitative estimate of drug-likeness (QED) is 0.413. The van der Waals surface area contributed by atoms with Gasteiger partial charge in [0.25, 0.3) is 11.6 Å². The van der Waals surface area contributed by atoms with Crippen LogP contribution in [0.5, 0.6) is 0 Å². The Hall–Kier alpha value is -3.22.